The van der Waals surface area contributed by atoms with Crippen molar-refractivity contribution in [3.8, 4) is 0 Å². The maximum atomic E-state index is 12.4. The fourth-order valence-corrected chi connectivity index (χ4v) is 2.90. The highest BCUT2D eigenvalue weighted by Crippen LogP contribution is 2.34. The van der Waals surface area contributed by atoms with Crippen LogP contribution in [0.1, 0.15) is 29.3 Å². The van der Waals surface area contributed by atoms with Crippen molar-refractivity contribution in [1.29, 1.82) is 0 Å². The smallest absolute Gasteiger partial charge is 0.309 e. The summed E-state index contributed by atoms with van der Waals surface area (Å²) in [5.74, 6) is 0.749. The molecule has 1 heterocycles. The number of thiazole rings is 1. The molecule has 2 nitrogen and oxygen atoms in total. The van der Waals surface area contributed by atoms with E-state index in [1.807, 2.05) is 13.2 Å². The zero-order valence-electron chi connectivity index (χ0n) is 9.67. The van der Waals surface area contributed by atoms with Gasteiger partial charge in [-0.3, -0.25) is 0 Å². The summed E-state index contributed by atoms with van der Waals surface area (Å²) in [6.07, 6.45) is -0.114. The minimum Gasteiger partial charge on any atom is -0.309 e. The molecule has 1 atom stereocenters. The highest BCUT2D eigenvalue weighted by atomic mass is 32.2. The molecule has 0 amide bonds. The summed E-state index contributed by atoms with van der Waals surface area (Å²) in [5.41, 5.74) is 0. The first-order valence-corrected chi connectivity index (χ1v) is 7.45. The van der Waals surface area contributed by atoms with Gasteiger partial charge >= 0.3 is 6.18 Å². The van der Waals surface area contributed by atoms with Gasteiger partial charge in [0, 0.05) is 16.8 Å². The largest absolute Gasteiger partial charge is 0.443 e. The van der Waals surface area contributed by atoms with E-state index in [1.54, 1.807) is 11.8 Å². The van der Waals surface area contributed by atoms with E-state index < -0.39 is 11.2 Å². The fraction of sp³-hybridized carbons (Fsp3) is 0.700. The second-order valence-electron chi connectivity index (χ2n) is 3.53. The van der Waals surface area contributed by atoms with Gasteiger partial charge in [0.1, 0.15) is 0 Å². The normalized spacial score (nSPS) is 13.9. The lowest BCUT2D eigenvalue weighted by atomic mass is 10.3. The molecule has 1 rings (SSSR count). The highest BCUT2D eigenvalue weighted by molar-refractivity contribution is 7.98. The van der Waals surface area contributed by atoms with Crippen LogP contribution < -0.4 is 5.32 Å². The molecule has 0 fully saturated rings. The molecule has 0 aliphatic heterocycles. The Hall–Kier alpha value is -0.270. The number of nitrogens with one attached hydrogen (secondary N) is 1. The third-order valence-corrected chi connectivity index (χ3v) is 3.91. The maximum Gasteiger partial charge on any atom is 0.443 e. The van der Waals surface area contributed by atoms with Crippen molar-refractivity contribution in [3.05, 3.63) is 16.1 Å². The van der Waals surface area contributed by atoms with Crippen molar-refractivity contribution in [2.75, 3.05) is 18.6 Å². The Bertz CT molecular complexity index is 339. The van der Waals surface area contributed by atoms with E-state index in [4.69, 9.17) is 0 Å². The zero-order chi connectivity index (χ0) is 12.9. The summed E-state index contributed by atoms with van der Waals surface area (Å²) in [6.45, 7) is 2.82. The van der Waals surface area contributed by atoms with Crippen LogP contribution in [0.3, 0.4) is 0 Å². The summed E-state index contributed by atoms with van der Waals surface area (Å²) in [7, 11) is 0. The molecule has 0 radical (unpaired) electrons. The summed E-state index contributed by atoms with van der Waals surface area (Å²) >= 11 is 2.33. The molecule has 1 N–H and O–H groups in total. The minimum absolute atomic E-state index is 0.0430. The predicted octanol–water partition coefficient (Wildman–Crippen LogP) is 3.57. The lowest BCUT2D eigenvalue weighted by Crippen LogP contribution is -2.23. The number of halogens is 3. The second kappa shape index (κ2) is 6.61. The van der Waals surface area contributed by atoms with Crippen LogP contribution in [0.25, 0.3) is 0 Å². The van der Waals surface area contributed by atoms with Crippen LogP contribution >= 0.6 is 23.1 Å². The lowest BCUT2D eigenvalue weighted by Gasteiger charge is -2.15. The van der Waals surface area contributed by atoms with Crippen molar-refractivity contribution >= 4 is 23.1 Å². The van der Waals surface area contributed by atoms with E-state index in [9.17, 15) is 13.2 Å². The average Bonchev–Trinajstić information content (AvgIpc) is 2.72. The summed E-state index contributed by atoms with van der Waals surface area (Å²) < 4.78 is 37.3. The monoisotopic (exact) mass is 284 g/mol. The van der Waals surface area contributed by atoms with Crippen LogP contribution in [0.2, 0.25) is 0 Å². The number of rotatable bonds is 6. The van der Waals surface area contributed by atoms with E-state index in [2.05, 4.69) is 10.3 Å². The molecule has 17 heavy (non-hydrogen) atoms. The molecule has 0 saturated carbocycles. The molecule has 0 saturated heterocycles. The molecule has 0 aliphatic carbocycles. The number of aromatic nitrogens is 1. The van der Waals surface area contributed by atoms with Crippen LogP contribution in [-0.4, -0.2) is 23.5 Å². The summed E-state index contributed by atoms with van der Waals surface area (Å²) in [5, 5.41) is 2.47. The van der Waals surface area contributed by atoms with Crippen molar-refractivity contribution < 1.29 is 13.2 Å². The second-order valence-corrected chi connectivity index (χ2v) is 5.50. The Kier molecular flexibility index (Phi) is 5.75. The van der Waals surface area contributed by atoms with Crippen molar-refractivity contribution in [2.45, 2.75) is 25.6 Å². The van der Waals surface area contributed by atoms with Crippen molar-refractivity contribution in [1.82, 2.24) is 10.3 Å². The van der Waals surface area contributed by atoms with E-state index in [0.717, 1.165) is 30.1 Å². The molecule has 0 aromatic carbocycles. The molecule has 1 aromatic heterocycles. The third kappa shape index (κ3) is 4.48. The summed E-state index contributed by atoms with van der Waals surface area (Å²) in [6, 6.07) is -0.0430. The Labute approximate surface area is 107 Å². The standard InChI is InChI=1S/C10H15F3N2S2/c1-3-4-14-7(6-16-2)8-5-15-9(17-8)10(11,12)13/h5,7,14H,3-4,6H2,1-2H3. The Morgan fingerprint density at radius 1 is 1.53 bits per heavy atom. The van der Waals surface area contributed by atoms with Gasteiger partial charge in [-0.1, -0.05) is 6.92 Å². The van der Waals surface area contributed by atoms with Gasteiger partial charge in [-0.15, -0.1) is 11.3 Å². The van der Waals surface area contributed by atoms with E-state index >= 15 is 0 Å². The van der Waals surface area contributed by atoms with Crippen LogP contribution in [0.5, 0.6) is 0 Å². The molecule has 0 aliphatic rings. The number of hydrogen-bond acceptors (Lipinski definition) is 4. The topological polar surface area (TPSA) is 24.9 Å². The molecule has 1 unspecified atom stereocenters. The lowest BCUT2D eigenvalue weighted by molar-refractivity contribution is -0.137. The Morgan fingerprint density at radius 3 is 2.71 bits per heavy atom. The molecule has 0 bridgehead atoms. The molecular weight excluding hydrogens is 269 g/mol. The average molecular weight is 284 g/mol. The first kappa shape index (κ1) is 14.8. The minimum atomic E-state index is -4.34. The van der Waals surface area contributed by atoms with E-state index in [1.165, 1.54) is 6.20 Å². The molecule has 1 aromatic rings. The molecular formula is C10H15F3N2S2. The fourth-order valence-electron chi connectivity index (χ4n) is 1.31. The van der Waals surface area contributed by atoms with E-state index in [-0.39, 0.29) is 6.04 Å². The van der Waals surface area contributed by atoms with Gasteiger partial charge in [-0.05, 0) is 19.2 Å². The van der Waals surface area contributed by atoms with Crippen molar-refractivity contribution in [2.24, 2.45) is 0 Å². The van der Waals surface area contributed by atoms with Gasteiger partial charge in [0.05, 0.1) is 6.04 Å². The van der Waals surface area contributed by atoms with Crippen LogP contribution in [0.4, 0.5) is 13.2 Å². The van der Waals surface area contributed by atoms with Crippen LogP contribution in [0, 0.1) is 0 Å². The highest BCUT2D eigenvalue weighted by Gasteiger charge is 2.35. The van der Waals surface area contributed by atoms with Gasteiger partial charge in [0.15, 0.2) is 5.01 Å². The van der Waals surface area contributed by atoms with Crippen molar-refractivity contribution in [3.63, 3.8) is 0 Å². The molecule has 98 valence electrons. The van der Waals surface area contributed by atoms with Gasteiger partial charge in [-0.25, -0.2) is 4.98 Å². The van der Waals surface area contributed by atoms with Gasteiger partial charge in [0.2, 0.25) is 0 Å². The van der Waals surface area contributed by atoms with Gasteiger partial charge < -0.3 is 5.32 Å². The number of hydrogen-bond donors (Lipinski definition) is 1. The zero-order valence-corrected chi connectivity index (χ0v) is 11.3. The summed E-state index contributed by atoms with van der Waals surface area (Å²) in [4.78, 5) is 4.10. The van der Waals surface area contributed by atoms with Crippen LogP contribution in [-0.2, 0) is 6.18 Å². The molecule has 7 heteroatoms. The number of alkyl halides is 3. The molecule has 0 spiro atoms. The maximum absolute atomic E-state index is 12.4. The van der Waals surface area contributed by atoms with Crippen LogP contribution in [0.15, 0.2) is 6.20 Å². The SMILES string of the molecule is CCCNC(CSC)c1cnc(C(F)(F)F)s1. The van der Waals surface area contributed by atoms with E-state index in [0.29, 0.717) is 4.88 Å². The first-order valence-electron chi connectivity index (χ1n) is 5.24. The quantitative estimate of drug-likeness (QED) is 0.864. The number of thioether (sulfide) groups is 1. The first-order chi connectivity index (χ1) is 7.99. The third-order valence-electron chi connectivity index (χ3n) is 2.08. The Morgan fingerprint density at radius 2 is 2.24 bits per heavy atom. The predicted molar refractivity (Wildman–Crippen MR) is 66.5 cm³/mol. The van der Waals surface area contributed by atoms with Gasteiger partial charge in [0.25, 0.3) is 0 Å². The Balaban J connectivity index is 2.76. The number of nitrogens with zero attached hydrogens (tertiary/aromatic N) is 1. The van der Waals surface area contributed by atoms with Gasteiger partial charge in [-0.2, -0.15) is 24.9 Å².